The molecule has 0 saturated carbocycles. The fraction of sp³-hybridized carbons (Fsp3) is 0.111. The lowest BCUT2D eigenvalue weighted by molar-refractivity contribution is 0.568. The zero-order valence-electron chi connectivity index (χ0n) is 5.88. The van der Waals surface area contributed by atoms with Gasteiger partial charge in [-0.15, -0.1) is 0 Å². The van der Waals surface area contributed by atoms with Crippen LogP contribution in [0.2, 0.25) is 0 Å². The van der Waals surface area contributed by atoms with Crippen molar-refractivity contribution in [3.8, 4) is 0 Å². The van der Waals surface area contributed by atoms with Gasteiger partial charge in [0.1, 0.15) is 5.94 Å². The first kappa shape index (κ1) is 8.25. The van der Waals surface area contributed by atoms with Crippen molar-refractivity contribution in [2.75, 3.05) is 0 Å². The molecular weight excluding hydrogens is 204 g/mol. The lowest BCUT2D eigenvalue weighted by Gasteiger charge is -1.94. The van der Waals surface area contributed by atoms with Crippen LogP contribution in [0.5, 0.6) is 0 Å². The van der Waals surface area contributed by atoms with E-state index in [-0.39, 0.29) is 0 Å². The second kappa shape index (κ2) is 4.12. The lowest BCUT2D eigenvalue weighted by atomic mass is 10.2. The van der Waals surface area contributed by atoms with Crippen molar-refractivity contribution in [3.63, 3.8) is 0 Å². The van der Waals surface area contributed by atoms with Crippen LogP contribution in [0.25, 0.3) is 0 Å². The zero-order valence-corrected chi connectivity index (χ0v) is 7.47. The maximum atomic E-state index is 9.87. The van der Waals surface area contributed by atoms with Gasteiger partial charge in [-0.2, -0.15) is 0 Å². The molecule has 2 heteroatoms. The monoisotopic (exact) mass is 210 g/mol. The Kier molecular flexibility index (Phi) is 3.09. The Bertz CT molecular complexity index is 287. The van der Waals surface area contributed by atoms with E-state index >= 15 is 0 Å². The quantitative estimate of drug-likeness (QED) is 0.686. The molecule has 11 heavy (non-hydrogen) atoms. The normalized spacial score (nSPS) is 8.82. The van der Waals surface area contributed by atoms with Crippen LogP contribution in [0, 0.1) is 0 Å². The number of hydrogen-bond acceptors (Lipinski definition) is 1. The van der Waals surface area contributed by atoms with Crippen LogP contribution in [0.1, 0.15) is 5.56 Å². The minimum absolute atomic E-state index is 0.656. The minimum atomic E-state index is 0.656. The summed E-state index contributed by atoms with van der Waals surface area (Å²) in [4.78, 5) is 9.87. The van der Waals surface area contributed by atoms with Gasteiger partial charge < -0.3 is 0 Å². The van der Waals surface area contributed by atoms with Gasteiger partial charge in [0.15, 0.2) is 0 Å². The van der Waals surface area contributed by atoms with Crippen molar-refractivity contribution in [2.24, 2.45) is 0 Å². The SMILES string of the molecule is O=C=CCc1cccc(Br)c1. The maximum absolute atomic E-state index is 9.87. The van der Waals surface area contributed by atoms with Crippen molar-refractivity contribution in [3.05, 3.63) is 40.4 Å². The van der Waals surface area contributed by atoms with Crippen LogP contribution in [-0.4, -0.2) is 5.94 Å². The highest BCUT2D eigenvalue weighted by molar-refractivity contribution is 9.10. The fourth-order valence-electron chi connectivity index (χ4n) is 0.823. The Morgan fingerprint density at radius 2 is 2.36 bits per heavy atom. The summed E-state index contributed by atoms with van der Waals surface area (Å²) in [5, 5.41) is 0. The summed E-state index contributed by atoms with van der Waals surface area (Å²) in [6.45, 7) is 0. The second-order valence-electron chi connectivity index (χ2n) is 2.16. The Morgan fingerprint density at radius 1 is 1.55 bits per heavy atom. The lowest BCUT2D eigenvalue weighted by Crippen LogP contribution is -1.79. The van der Waals surface area contributed by atoms with Gasteiger partial charge >= 0.3 is 0 Å². The molecule has 0 amide bonds. The van der Waals surface area contributed by atoms with E-state index in [2.05, 4.69) is 15.9 Å². The molecule has 0 aromatic heterocycles. The number of carbonyl (C=O) groups excluding carboxylic acids is 1. The van der Waals surface area contributed by atoms with E-state index in [9.17, 15) is 4.79 Å². The Morgan fingerprint density at radius 3 is 3.00 bits per heavy atom. The van der Waals surface area contributed by atoms with E-state index in [1.54, 1.807) is 5.94 Å². The molecule has 0 saturated heterocycles. The van der Waals surface area contributed by atoms with Crippen molar-refractivity contribution < 1.29 is 4.79 Å². The Balaban J connectivity index is 2.79. The van der Waals surface area contributed by atoms with Crippen molar-refractivity contribution >= 4 is 21.9 Å². The van der Waals surface area contributed by atoms with Crippen molar-refractivity contribution in [1.82, 2.24) is 0 Å². The molecule has 0 N–H and O–H groups in total. The third kappa shape index (κ3) is 2.71. The van der Waals surface area contributed by atoms with Crippen LogP contribution >= 0.6 is 15.9 Å². The molecule has 0 aliphatic carbocycles. The summed E-state index contributed by atoms with van der Waals surface area (Å²) in [6.07, 6.45) is 2.13. The highest BCUT2D eigenvalue weighted by atomic mass is 79.9. The number of benzene rings is 1. The number of rotatable bonds is 2. The molecule has 0 radical (unpaired) electrons. The highest BCUT2D eigenvalue weighted by Crippen LogP contribution is 2.11. The number of allylic oxidation sites excluding steroid dienone is 1. The van der Waals surface area contributed by atoms with Crippen molar-refractivity contribution in [1.29, 1.82) is 0 Å². The topological polar surface area (TPSA) is 17.1 Å². The van der Waals surface area contributed by atoms with Crippen molar-refractivity contribution in [2.45, 2.75) is 6.42 Å². The molecule has 0 unspecified atom stereocenters. The van der Waals surface area contributed by atoms with E-state index in [4.69, 9.17) is 0 Å². The molecule has 1 aromatic carbocycles. The summed E-state index contributed by atoms with van der Waals surface area (Å²) in [7, 11) is 0. The second-order valence-corrected chi connectivity index (χ2v) is 3.07. The van der Waals surface area contributed by atoms with Gasteiger partial charge in [-0.3, -0.25) is 0 Å². The van der Waals surface area contributed by atoms with E-state index < -0.39 is 0 Å². The van der Waals surface area contributed by atoms with Gasteiger partial charge in [0.2, 0.25) is 0 Å². The minimum Gasteiger partial charge on any atom is -0.234 e. The molecular formula is C9H7BrO. The Labute approximate surface area is 73.9 Å². The maximum Gasteiger partial charge on any atom is 0.120 e. The van der Waals surface area contributed by atoms with Gasteiger partial charge in [0.05, 0.1) is 0 Å². The smallest absolute Gasteiger partial charge is 0.120 e. The van der Waals surface area contributed by atoms with Gasteiger partial charge in [-0.1, -0.05) is 28.1 Å². The summed E-state index contributed by atoms with van der Waals surface area (Å²) >= 11 is 3.34. The average Bonchev–Trinajstić information content (AvgIpc) is 2.01. The zero-order chi connectivity index (χ0) is 8.10. The molecule has 0 heterocycles. The van der Waals surface area contributed by atoms with Crippen LogP contribution in [-0.2, 0) is 11.2 Å². The van der Waals surface area contributed by atoms with Crippen LogP contribution in [0.3, 0.4) is 0 Å². The van der Waals surface area contributed by atoms with Gasteiger partial charge in [0, 0.05) is 17.0 Å². The van der Waals surface area contributed by atoms with Crippen LogP contribution in [0.15, 0.2) is 34.8 Å². The molecule has 0 atom stereocenters. The van der Waals surface area contributed by atoms with Crippen LogP contribution in [0.4, 0.5) is 0 Å². The predicted molar refractivity (Wildman–Crippen MR) is 48.1 cm³/mol. The highest BCUT2D eigenvalue weighted by Gasteiger charge is 1.89. The van der Waals surface area contributed by atoms with E-state index in [1.807, 2.05) is 24.3 Å². The molecule has 56 valence electrons. The van der Waals surface area contributed by atoms with Gasteiger partial charge in [0.25, 0.3) is 0 Å². The number of hydrogen-bond donors (Lipinski definition) is 0. The molecule has 0 aliphatic rings. The number of halogens is 1. The fourth-order valence-corrected chi connectivity index (χ4v) is 1.27. The third-order valence-corrected chi connectivity index (χ3v) is 1.80. The summed E-state index contributed by atoms with van der Waals surface area (Å²) in [5.41, 5.74) is 1.11. The molecule has 1 aromatic rings. The molecule has 0 spiro atoms. The molecule has 0 aliphatic heterocycles. The molecule has 0 fully saturated rings. The standard InChI is InChI=1S/C9H7BrO/c10-9-5-1-3-8(7-9)4-2-6-11/h1-3,5,7H,4H2. The first-order valence-electron chi connectivity index (χ1n) is 3.26. The summed E-state index contributed by atoms with van der Waals surface area (Å²) < 4.78 is 1.04. The molecule has 1 rings (SSSR count). The predicted octanol–water partition coefficient (Wildman–Crippen LogP) is 2.38. The summed E-state index contributed by atoms with van der Waals surface area (Å²) in [6, 6.07) is 7.85. The van der Waals surface area contributed by atoms with Gasteiger partial charge in [-0.25, -0.2) is 4.79 Å². The van der Waals surface area contributed by atoms with Crippen LogP contribution < -0.4 is 0 Å². The first-order valence-corrected chi connectivity index (χ1v) is 4.06. The Hall–Kier alpha value is -0.850. The summed E-state index contributed by atoms with van der Waals surface area (Å²) in [5.74, 6) is 1.75. The third-order valence-electron chi connectivity index (χ3n) is 1.31. The largest absolute Gasteiger partial charge is 0.234 e. The van der Waals surface area contributed by atoms with E-state index in [0.29, 0.717) is 6.42 Å². The van der Waals surface area contributed by atoms with E-state index in [1.165, 1.54) is 6.08 Å². The molecule has 1 nitrogen and oxygen atoms in total. The first-order chi connectivity index (χ1) is 5.33. The van der Waals surface area contributed by atoms with E-state index in [0.717, 1.165) is 10.0 Å². The molecule has 0 bridgehead atoms. The van der Waals surface area contributed by atoms with Gasteiger partial charge in [-0.05, 0) is 17.7 Å². The average molecular weight is 211 g/mol.